The van der Waals surface area contributed by atoms with E-state index in [4.69, 9.17) is 4.74 Å². The Balaban J connectivity index is 2.25. The van der Waals surface area contributed by atoms with E-state index in [2.05, 4.69) is 4.98 Å². The minimum Gasteiger partial charge on any atom is -0.490 e. The molecule has 0 radical (unpaired) electrons. The topological polar surface area (TPSA) is 39.2 Å². The molecule has 0 atom stereocenters. The van der Waals surface area contributed by atoms with Gasteiger partial charge in [-0.2, -0.15) is 0 Å². The van der Waals surface area contributed by atoms with Crippen LogP contribution in [0.15, 0.2) is 42.7 Å². The molecule has 0 N–H and O–H groups in total. The van der Waals surface area contributed by atoms with E-state index in [1.54, 1.807) is 24.5 Å². The van der Waals surface area contributed by atoms with Crippen LogP contribution >= 0.6 is 0 Å². The first-order chi connectivity index (χ1) is 9.58. The van der Waals surface area contributed by atoms with Crippen molar-refractivity contribution in [2.75, 3.05) is 0 Å². The number of Topliss-reactive ketones (excluding diaryl/α,β-unsaturated/α-hetero) is 1. The van der Waals surface area contributed by atoms with Crippen molar-refractivity contribution in [3.05, 3.63) is 59.4 Å². The average Bonchev–Trinajstić information content (AvgIpc) is 2.43. The van der Waals surface area contributed by atoms with E-state index in [-0.39, 0.29) is 11.9 Å². The van der Waals surface area contributed by atoms with Gasteiger partial charge in [0.2, 0.25) is 0 Å². The van der Waals surface area contributed by atoms with Crippen LogP contribution in [0.1, 0.15) is 35.3 Å². The van der Waals surface area contributed by atoms with Gasteiger partial charge >= 0.3 is 0 Å². The van der Waals surface area contributed by atoms with Crippen molar-refractivity contribution in [1.82, 2.24) is 4.98 Å². The molecule has 0 bridgehead atoms. The summed E-state index contributed by atoms with van der Waals surface area (Å²) in [5.41, 5.74) is 2.66. The molecule has 20 heavy (non-hydrogen) atoms. The minimum atomic E-state index is 0.0756. The van der Waals surface area contributed by atoms with Gasteiger partial charge in [-0.25, -0.2) is 0 Å². The summed E-state index contributed by atoms with van der Waals surface area (Å²) in [6.45, 7) is 5.97. The lowest BCUT2D eigenvalue weighted by Gasteiger charge is -2.16. The Kier molecular flexibility index (Phi) is 4.51. The lowest BCUT2D eigenvalue weighted by molar-refractivity contribution is 0.0991. The molecule has 3 nitrogen and oxygen atoms in total. The Hall–Kier alpha value is -2.16. The van der Waals surface area contributed by atoms with Crippen molar-refractivity contribution in [3.63, 3.8) is 0 Å². The molecule has 0 aliphatic carbocycles. The third kappa shape index (κ3) is 3.44. The fraction of sp³-hybridized carbons (Fsp3) is 0.294. The van der Waals surface area contributed by atoms with Gasteiger partial charge in [0.05, 0.1) is 6.10 Å². The number of carbonyl (C=O) groups excluding carboxylic acids is 1. The fourth-order valence-corrected chi connectivity index (χ4v) is 2.07. The number of pyridine rings is 1. The van der Waals surface area contributed by atoms with Crippen LogP contribution in [0.3, 0.4) is 0 Å². The Morgan fingerprint density at radius 1 is 1.20 bits per heavy atom. The zero-order chi connectivity index (χ0) is 14.5. The van der Waals surface area contributed by atoms with Gasteiger partial charge in [-0.05, 0) is 38.5 Å². The van der Waals surface area contributed by atoms with Crippen LogP contribution in [0, 0.1) is 6.92 Å². The standard InChI is InChI=1S/C17H19NO2/c1-12(2)20-17-13(3)5-4-6-15(17)11-16(19)14-7-9-18-10-8-14/h4-10,12H,11H2,1-3H3. The zero-order valence-corrected chi connectivity index (χ0v) is 12.1. The Labute approximate surface area is 119 Å². The maximum atomic E-state index is 12.3. The van der Waals surface area contributed by atoms with Gasteiger partial charge in [-0.15, -0.1) is 0 Å². The quantitative estimate of drug-likeness (QED) is 0.778. The molecule has 2 rings (SSSR count). The van der Waals surface area contributed by atoms with Gasteiger partial charge in [0.15, 0.2) is 5.78 Å². The van der Waals surface area contributed by atoms with Gasteiger partial charge in [0.25, 0.3) is 0 Å². The lowest BCUT2D eigenvalue weighted by Crippen LogP contribution is -2.11. The van der Waals surface area contributed by atoms with Crippen molar-refractivity contribution in [1.29, 1.82) is 0 Å². The number of para-hydroxylation sites is 1. The molecule has 1 aromatic heterocycles. The molecule has 0 unspecified atom stereocenters. The molecule has 3 heteroatoms. The molecule has 0 amide bonds. The molecular formula is C17H19NO2. The van der Waals surface area contributed by atoms with Gasteiger partial charge in [-0.3, -0.25) is 9.78 Å². The normalized spacial score (nSPS) is 10.6. The maximum Gasteiger partial charge on any atom is 0.167 e. The number of benzene rings is 1. The first-order valence-corrected chi connectivity index (χ1v) is 6.76. The highest BCUT2D eigenvalue weighted by Crippen LogP contribution is 2.26. The number of hydrogen-bond donors (Lipinski definition) is 0. The fourth-order valence-electron chi connectivity index (χ4n) is 2.07. The van der Waals surface area contributed by atoms with Gasteiger partial charge < -0.3 is 4.74 Å². The highest BCUT2D eigenvalue weighted by molar-refractivity contribution is 5.97. The first kappa shape index (κ1) is 14.3. The first-order valence-electron chi connectivity index (χ1n) is 6.76. The number of aryl methyl sites for hydroxylation is 1. The third-order valence-electron chi connectivity index (χ3n) is 3.00. The lowest BCUT2D eigenvalue weighted by atomic mass is 10.0. The van der Waals surface area contributed by atoms with Gasteiger partial charge in [-0.1, -0.05) is 18.2 Å². The van der Waals surface area contributed by atoms with Gasteiger partial charge in [0.1, 0.15) is 5.75 Å². The summed E-state index contributed by atoms with van der Waals surface area (Å²) in [6.07, 6.45) is 3.70. The monoisotopic (exact) mass is 269 g/mol. The predicted octanol–water partition coefficient (Wildman–Crippen LogP) is 3.60. The molecule has 0 spiro atoms. The predicted molar refractivity (Wildman–Crippen MR) is 79.2 cm³/mol. The molecule has 104 valence electrons. The molecule has 1 aromatic carbocycles. The maximum absolute atomic E-state index is 12.3. The average molecular weight is 269 g/mol. The molecule has 0 aliphatic rings. The van der Waals surface area contributed by atoms with Crippen LogP contribution in [0.4, 0.5) is 0 Å². The smallest absolute Gasteiger partial charge is 0.167 e. The molecular weight excluding hydrogens is 250 g/mol. The van der Waals surface area contributed by atoms with E-state index in [0.29, 0.717) is 12.0 Å². The van der Waals surface area contributed by atoms with Crippen molar-refractivity contribution in [3.8, 4) is 5.75 Å². The highest BCUT2D eigenvalue weighted by Gasteiger charge is 2.13. The van der Waals surface area contributed by atoms with Crippen molar-refractivity contribution >= 4 is 5.78 Å². The molecule has 2 aromatic rings. The van der Waals surface area contributed by atoms with Crippen molar-refractivity contribution in [2.24, 2.45) is 0 Å². The van der Waals surface area contributed by atoms with Crippen LogP contribution in [0.2, 0.25) is 0 Å². The summed E-state index contributed by atoms with van der Waals surface area (Å²) in [5.74, 6) is 0.900. The van der Waals surface area contributed by atoms with E-state index in [1.807, 2.05) is 39.0 Å². The van der Waals surface area contributed by atoms with Crippen molar-refractivity contribution < 1.29 is 9.53 Å². The number of ether oxygens (including phenoxy) is 1. The van der Waals surface area contributed by atoms with E-state index in [0.717, 1.165) is 16.9 Å². The summed E-state index contributed by atoms with van der Waals surface area (Å²) in [5, 5.41) is 0. The molecule has 1 heterocycles. The highest BCUT2D eigenvalue weighted by atomic mass is 16.5. The second-order valence-corrected chi connectivity index (χ2v) is 5.07. The van der Waals surface area contributed by atoms with Crippen LogP contribution < -0.4 is 4.74 Å². The summed E-state index contributed by atoms with van der Waals surface area (Å²) in [4.78, 5) is 16.2. The molecule has 0 saturated carbocycles. The van der Waals surface area contributed by atoms with E-state index in [9.17, 15) is 4.79 Å². The van der Waals surface area contributed by atoms with Gasteiger partial charge in [0, 0.05) is 29.9 Å². The number of ketones is 1. The Bertz CT molecular complexity index is 591. The number of nitrogens with zero attached hydrogens (tertiary/aromatic N) is 1. The minimum absolute atomic E-state index is 0.0756. The zero-order valence-electron chi connectivity index (χ0n) is 12.1. The second kappa shape index (κ2) is 6.33. The SMILES string of the molecule is Cc1cccc(CC(=O)c2ccncc2)c1OC(C)C. The number of rotatable bonds is 5. The Morgan fingerprint density at radius 2 is 1.90 bits per heavy atom. The number of carbonyl (C=O) groups is 1. The summed E-state index contributed by atoms with van der Waals surface area (Å²) in [6, 6.07) is 9.38. The summed E-state index contributed by atoms with van der Waals surface area (Å²) >= 11 is 0. The van der Waals surface area contributed by atoms with Crippen LogP contribution in [0.25, 0.3) is 0 Å². The second-order valence-electron chi connectivity index (χ2n) is 5.07. The summed E-state index contributed by atoms with van der Waals surface area (Å²) < 4.78 is 5.85. The summed E-state index contributed by atoms with van der Waals surface area (Å²) in [7, 11) is 0. The molecule has 0 aliphatic heterocycles. The largest absolute Gasteiger partial charge is 0.490 e. The number of hydrogen-bond acceptors (Lipinski definition) is 3. The van der Waals surface area contributed by atoms with E-state index < -0.39 is 0 Å². The van der Waals surface area contributed by atoms with Crippen LogP contribution in [-0.2, 0) is 6.42 Å². The molecule has 0 saturated heterocycles. The third-order valence-corrected chi connectivity index (χ3v) is 3.00. The van der Waals surface area contributed by atoms with E-state index >= 15 is 0 Å². The van der Waals surface area contributed by atoms with E-state index in [1.165, 1.54) is 0 Å². The number of aromatic nitrogens is 1. The van der Waals surface area contributed by atoms with Crippen LogP contribution in [0.5, 0.6) is 5.75 Å². The Morgan fingerprint density at radius 3 is 2.55 bits per heavy atom. The van der Waals surface area contributed by atoms with Crippen molar-refractivity contribution in [2.45, 2.75) is 33.3 Å². The molecule has 0 fully saturated rings. The van der Waals surface area contributed by atoms with Crippen LogP contribution in [-0.4, -0.2) is 16.9 Å².